The number of halogens is 1. The molecule has 4 heteroatoms. The summed E-state index contributed by atoms with van der Waals surface area (Å²) in [6.45, 7) is 0.579. The van der Waals surface area contributed by atoms with Gasteiger partial charge in [0.2, 0.25) is 0 Å². The van der Waals surface area contributed by atoms with E-state index in [1.807, 2.05) is 18.2 Å². The molecular formula is C13H9BFO2. The van der Waals surface area contributed by atoms with E-state index in [2.05, 4.69) is 0 Å². The predicted molar refractivity (Wildman–Crippen MR) is 63.1 cm³/mol. The van der Waals surface area contributed by atoms with Crippen LogP contribution in [0.4, 0.5) is 4.39 Å². The predicted octanol–water partition coefficient (Wildman–Crippen LogP) is 2.39. The monoisotopic (exact) mass is 227 g/mol. The molecule has 0 N–H and O–H groups in total. The lowest BCUT2D eigenvalue weighted by Crippen LogP contribution is -2.10. The number of ether oxygens (including phenoxy) is 1. The van der Waals surface area contributed by atoms with Crippen LogP contribution < -0.4 is 10.2 Å². The summed E-state index contributed by atoms with van der Waals surface area (Å²) in [6, 6.07) is 11.7. The smallest absolute Gasteiger partial charge is 0.330 e. The van der Waals surface area contributed by atoms with E-state index >= 15 is 0 Å². The van der Waals surface area contributed by atoms with Crippen molar-refractivity contribution in [1.82, 2.24) is 0 Å². The van der Waals surface area contributed by atoms with Gasteiger partial charge in [-0.25, -0.2) is 4.39 Å². The van der Waals surface area contributed by atoms with Gasteiger partial charge in [0.1, 0.15) is 17.3 Å². The Hall–Kier alpha value is -1.81. The normalized spacial score (nSPS) is 13.0. The summed E-state index contributed by atoms with van der Waals surface area (Å²) in [4.78, 5) is 0. The van der Waals surface area contributed by atoms with Crippen LogP contribution in [-0.4, -0.2) is 7.48 Å². The van der Waals surface area contributed by atoms with Crippen molar-refractivity contribution in [3.63, 3.8) is 0 Å². The van der Waals surface area contributed by atoms with Gasteiger partial charge >= 0.3 is 7.48 Å². The fourth-order valence-corrected chi connectivity index (χ4v) is 1.75. The molecule has 3 rings (SSSR count). The molecule has 0 atom stereocenters. The molecule has 0 amide bonds. The molecule has 1 heterocycles. The van der Waals surface area contributed by atoms with Crippen molar-refractivity contribution in [3.8, 4) is 11.5 Å². The summed E-state index contributed by atoms with van der Waals surface area (Å²) < 4.78 is 23.6. The zero-order valence-electron chi connectivity index (χ0n) is 9.02. The molecule has 0 saturated heterocycles. The van der Waals surface area contributed by atoms with Crippen LogP contribution in [-0.2, 0) is 11.3 Å². The van der Waals surface area contributed by atoms with Crippen LogP contribution >= 0.6 is 0 Å². The Kier molecular flexibility index (Phi) is 2.57. The molecular weight excluding hydrogens is 218 g/mol. The fourth-order valence-electron chi connectivity index (χ4n) is 1.75. The van der Waals surface area contributed by atoms with Gasteiger partial charge in [0.05, 0.1) is 6.61 Å². The lowest BCUT2D eigenvalue weighted by atomic mass is 9.87. The van der Waals surface area contributed by atoms with Crippen LogP contribution in [0.3, 0.4) is 0 Å². The van der Waals surface area contributed by atoms with E-state index in [1.165, 1.54) is 12.1 Å². The lowest BCUT2D eigenvalue weighted by molar-refractivity contribution is 0.344. The van der Waals surface area contributed by atoms with E-state index in [0.717, 1.165) is 16.8 Å². The minimum absolute atomic E-state index is 0.269. The van der Waals surface area contributed by atoms with Gasteiger partial charge in [-0.15, -0.1) is 0 Å². The molecule has 17 heavy (non-hydrogen) atoms. The van der Waals surface area contributed by atoms with Crippen LogP contribution in [0.15, 0.2) is 42.5 Å². The van der Waals surface area contributed by atoms with Crippen LogP contribution in [0.1, 0.15) is 5.56 Å². The molecule has 1 radical (unpaired) electrons. The molecule has 83 valence electrons. The van der Waals surface area contributed by atoms with E-state index in [-0.39, 0.29) is 5.82 Å². The maximum atomic E-state index is 12.7. The Morgan fingerprint density at radius 3 is 2.65 bits per heavy atom. The maximum Gasteiger partial charge on any atom is 0.330 e. The highest BCUT2D eigenvalue weighted by molar-refractivity contribution is 6.48. The summed E-state index contributed by atoms with van der Waals surface area (Å²) in [6.07, 6.45) is 0. The number of hydrogen-bond acceptors (Lipinski definition) is 2. The average molecular weight is 227 g/mol. The Morgan fingerprint density at radius 2 is 1.82 bits per heavy atom. The van der Waals surface area contributed by atoms with Gasteiger partial charge in [0, 0.05) is 0 Å². The van der Waals surface area contributed by atoms with Crippen molar-refractivity contribution >= 4 is 12.9 Å². The first-order valence-corrected chi connectivity index (χ1v) is 5.32. The first-order valence-electron chi connectivity index (χ1n) is 5.32. The third kappa shape index (κ3) is 2.17. The first-order chi connectivity index (χ1) is 8.31. The van der Waals surface area contributed by atoms with Gasteiger partial charge in [-0.1, -0.05) is 6.07 Å². The van der Waals surface area contributed by atoms with Crippen molar-refractivity contribution in [2.24, 2.45) is 0 Å². The second-order valence-electron chi connectivity index (χ2n) is 3.85. The lowest BCUT2D eigenvalue weighted by Gasteiger charge is -2.07. The summed E-state index contributed by atoms with van der Waals surface area (Å²) in [5.74, 6) is 1.08. The van der Waals surface area contributed by atoms with Crippen molar-refractivity contribution in [3.05, 3.63) is 53.8 Å². The van der Waals surface area contributed by atoms with Crippen LogP contribution in [0.2, 0.25) is 0 Å². The van der Waals surface area contributed by atoms with Gasteiger partial charge in [-0.05, 0) is 47.4 Å². The third-order valence-corrected chi connectivity index (χ3v) is 2.61. The molecule has 0 unspecified atom stereocenters. The zero-order valence-corrected chi connectivity index (χ0v) is 9.02. The molecule has 2 nitrogen and oxygen atoms in total. The number of benzene rings is 2. The second-order valence-corrected chi connectivity index (χ2v) is 3.85. The highest BCUT2D eigenvalue weighted by Gasteiger charge is 2.13. The third-order valence-electron chi connectivity index (χ3n) is 2.61. The number of fused-ring (bicyclic) bond motifs is 1. The number of hydrogen-bond donors (Lipinski definition) is 0. The second kappa shape index (κ2) is 4.22. The zero-order chi connectivity index (χ0) is 11.7. The molecule has 0 bridgehead atoms. The van der Waals surface area contributed by atoms with Crippen molar-refractivity contribution < 1.29 is 13.8 Å². The summed E-state index contributed by atoms with van der Waals surface area (Å²) in [5, 5.41) is 0. The van der Waals surface area contributed by atoms with Crippen molar-refractivity contribution in [2.75, 3.05) is 0 Å². The molecule has 0 aliphatic carbocycles. The molecule has 0 aromatic heterocycles. The Labute approximate surface area is 99.3 Å². The summed E-state index contributed by atoms with van der Waals surface area (Å²) in [7, 11) is 1.73. The van der Waals surface area contributed by atoms with Gasteiger partial charge in [0.25, 0.3) is 0 Å². The van der Waals surface area contributed by atoms with Crippen LogP contribution in [0.5, 0.6) is 11.5 Å². The Bertz CT molecular complexity index is 540. The van der Waals surface area contributed by atoms with Crippen molar-refractivity contribution in [2.45, 2.75) is 6.61 Å². The largest absolute Gasteiger partial charge is 0.457 e. The van der Waals surface area contributed by atoms with Gasteiger partial charge in [-0.3, -0.25) is 0 Å². The minimum Gasteiger partial charge on any atom is -0.457 e. The first kappa shape index (κ1) is 10.4. The highest BCUT2D eigenvalue weighted by atomic mass is 19.1. The highest BCUT2D eigenvalue weighted by Crippen LogP contribution is 2.22. The molecule has 2 aromatic rings. The molecule has 2 aromatic carbocycles. The maximum absolute atomic E-state index is 12.7. The van der Waals surface area contributed by atoms with E-state index in [4.69, 9.17) is 9.39 Å². The molecule has 0 fully saturated rings. The standard InChI is InChI=1S/C13H9BFO2/c15-10-1-3-11(4-2-10)17-12-5-6-13-9(7-12)8-16-14-13/h1-7H,8H2. The van der Waals surface area contributed by atoms with Gasteiger partial charge in [0.15, 0.2) is 0 Å². The summed E-state index contributed by atoms with van der Waals surface area (Å²) >= 11 is 0. The van der Waals surface area contributed by atoms with E-state index in [1.54, 1.807) is 19.6 Å². The van der Waals surface area contributed by atoms with Gasteiger partial charge in [-0.2, -0.15) is 0 Å². The molecule has 1 aliphatic rings. The minimum atomic E-state index is -0.269. The number of rotatable bonds is 2. The SMILES string of the molecule is Fc1ccc(Oc2ccc3c(c2)CO[B]3)cc1. The van der Waals surface area contributed by atoms with Gasteiger partial charge < -0.3 is 9.39 Å². The quantitative estimate of drug-likeness (QED) is 0.733. The summed E-state index contributed by atoms with van der Waals surface area (Å²) in [5.41, 5.74) is 2.18. The van der Waals surface area contributed by atoms with Crippen LogP contribution in [0.25, 0.3) is 0 Å². The molecule has 0 spiro atoms. The Morgan fingerprint density at radius 1 is 1.06 bits per heavy atom. The molecule has 0 saturated carbocycles. The van der Waals surface area contributed by atoms with Crippen LogP contribution in [0, 0.1) is 5.82 Å². The van der Waals surface area contributed by atoms with Crippen molar-refractivity contribution in [1.29, 1.82) is 0 Å². The molecule has 1 aliphatic heterocycles. The fraction of sp³-hybridized carbons (Fsp3) is 0.0769. The van der Waals surface area contributed by atoms with E-state index in [0.29, 0.717) is 12.4 Å². The van der Waals surface area contributed by atoms with E-state index < -0.39 is 0 Å². The Balaban J connectivity index is 1.83. The average Bonchev–Trinajstić information content (AvgIpc) is 2.79. The van der Waals surface area contributed by atoms with E-state index in [9.17, 15) is 4.39 Å². The topological polar surface area (TPSA) is 18.5 Å².